The largest absolute Gasteiger partial charge is 0.507 e. The van der Waals surface area contributed by atoms with Crippen molar-refractivity contribution in [2.24, 2.45) is 0 Å². The molecule has 1 aliphatic rings. The number of methoxy groups -OCH3 is 1. The van der Waals surface area contributed by atoms with Crippen LogP contribution in [0, 0.1) is 6.92 Å². The third-order valence-corrected chi connectivity index (χ3v) is 6.00. The number of ether oxygens (including phenoxy) is 1. The van der Waals surface area contributed by atoms with E-state index in [1.165, 1.54) is 4.90 Å². The molecule has 1 amide bonds. The number of rotatable bonds is 5. The Hall–Kier alpha value is -3.45. The average molecular weight is 493 g/mol. The molecule has 6 nitrogen and oxygen atoms in total. The maximum absolute atomic E-state index is 13.1. The van der Waals surface area contributed by atoms with E-state index >= 15 is 0 Å². The molecule has 2 aromatic carbocycles. The maximum atomic E-state index is 13.1. The third kappa shape index (κ3) is 4.03. The molecule has 3 aromatic rings. The predicted octanol–water partition coefficient (Wildman–Crippen LogP) is 4.78. The molecule has 1 aliphatic heterocycles. The van der Waals surface area contributed by atoms with E-state index in [2.05, 4.69) is 20.9 Å². The standard InChI is InChI=1S/C25H21BrN2O4/c1-15-12-18(7-10-20(15)32-2)23(29)21-22(17-5-8-19(26)9-6-17)28(25(31)24(21)30)14-16-4-3-11-27-13-16/h3-13,22,29H,14H2,1-2H3/b23-21-. The van der Waals surface area contributed by atoms with E-state index < -0.39 is 17.7 Å². The van der Waals surface area contributed by atoms with Crippen LogP contribution in [-0.2, 0) is 16.1 Å². The molecule has 162 valence electrons. The summed E-state index contributed by atoms with van der Waals surface area (Å²) >= 11 is 3.42. The van der Waals surface area contributed by atoms with Crippen molar-refractivity contribution >= 4 is 33.4 Å². The van der Waals surface area contributed by atoms with E-state index in [9.17, 15) is 14.7 Å². The summed E-state index contributed by atoms with van der Waals surface area (Å²) in [4.78, 5) is 31.8. The first kappa shape index (κ1) is 21.8. The number of hydrogen-bond donors (Lipinski definition) is 1. The summed E-state index contributed by atoms with van der Waals surface area (Å²) in [5, 5.41) is 11.2. The van der Waals surface area contributed by atoms with Crippen LogP contribution in [-0.4, -0.2) is 33.8 Å². The SMILES string of the molecule is COc1ccc(/C(O)=C2/C(=O)C(=O)N(Cc3cccnc3)C2c2ccc(Br)cc2)cc1C. The minimum Gasteiger partial charge on any atom is -0.507 e. The smallest absolute Gasteiger partial charge is 0.295 e. The Balaban J connectivity index is 1.86. The van der Waals surface area contributed by atoms with Gasteiger partial charge in [0.15, 0.2) is 0 Å². The van der Waals surface area contributed by atoms with E-state index in [0.29, 0.717) is 11.3 Å². The number of nitrogens with zero attached hydrogens (tertiary/aromatic N) is 2. The number of aromatic nitrogens is 1. The number of amides is 1. The Morgan fingerprint density at radius 3 is 2.53 bits per heavy atom. The molecule has 1 atom stereocenters. The van der Waals surface area contributed by atoms with Crippen LogP contribution in [0.15, 0.2) is 77.0 Å². The van der Waals surface area contributed by atoms with Gasteiger partial charge in [0.25, 0.3) is 11.7 Å². The highest BCUT2D eigenvalue weighted by atomic mass is 79.9. The molecule has 1 saturated heterocycles. The zero-order valence-corrected chi connectivity index (χ0v) is 19.2. The summed E-state index contributed by atoms with van der Waals surface area (Å²) < 4.78 is 6.16. The lowest BCUT2D eigenvalue weighted by Crippen LogP contribution is -2.29. The normalized spacial score (nSPS) is 17.6. The molecule has 0 radical (unpaired) electrons. The van der Waals surface area contributed by atoms with Gasteiger partial charge in [-0.05, 0) is 60.0 Å². The average Bonchev–Trinajstić information content (AvgIpc) is 3.04. The van der Waals surface area contributed by atoms with E-state index in [-0.39, 0.29) is 17.9 Å². The van der Waals surface area contributed by atoms with Crippen molar-refractivity contribution in [3.63, 3.8) is 0 Å². The molecule has 2 heterocycles. The van der Waals surface area contributed by atoms with Gasteiger partial charge in [-0.3, -0.25) is 14.6 Å². The van der Waals surface area contributed by atoms with Gasteiger partial charge in [0.2, 0.25) is 0 Å². The maximum Gasteiger partial charge on any atom is 0.295 e. The van der Waals surface area contributed by atoms with E-state index in [1.807, 2.05) is 37.3 Å². The van der Waals surface area contributed by atoms with Gasteiger partial charge >= 0.3 is 0 Å². The zero-order chi connectivity index (χ0) is 22.8. The first-order valence-corrected chi connectivity index (χ1v) is 10.8. The van der Waals surface area contributed by atoms with Crippen molar-refractivity contribution < 1.29 is 19.4 Å². The Kier molecular flexibility index (Phi) is 6.10. The number of hydrogen-bond acceptors (Lipinski definition) is 5. The minimum absolute atomic E-state index is 0.0609. The van der Waals surface area contributed by atoms with Crippen LogP contribution in [0.2, 0.25) is 0 Å². The molecule has 32 heavy (non-hydrogen) atoms. The number of benzene rings is 2. The minimum atomic E-state index is -0.731. The molecule has 0 spiro atoms. The van der Waals surface area contributed by atoms with Crippen LogP contribution in [0.25, 0.3) is 5.76 Å². The Labute approximate surface area is 194 Å². The molecule has 0 bridgehead atoms. The quantitative estimate of drug-likeness (QED) is 0.314. The van der Waals surface area contributed by atoms with Crippen LogP contribution in [0.5, 0.6) is 5.75 Å². The highest BCUT2D eigenvalue weighted by molar-refractivity contribution is 9.10. The molecule has 1 aromatic heterocycles. The molecular formula is C25H21BrN2O4. The zero-order valence-electron chi connectivity index (χ0n) is 17.6. The van der Waals surface area contributed by atoms with Crippen LogP contribution < -0.4 is 4.74 Å². The molecule has 1 N–H and O–H groups in total. The lowest BCUT2D eigenvalue weighted by molar-refractivity contribution is -0.140. The van der Waals surface area contributed by atoms with Crippen LogP contribution in [0.4, 0.5) is 0 Å². The van der Waals surface area contributed by atoms with Gasteiger partial charge in [-0.1, -0.05) is 34.1 Å². The predicted molar refractivity (Wildman–Crippen MR) is 124 cm³/mol. The van der Waals surface area contributed by atoms with Crippen molar-refractivity contribution in [2.75, 3.05) is 7.11 Å². The van der Waals surface area contributed by atoms with Gasteiger partial charge in [0.05, 0.1) is 18.7 Å². The fourth-order valence-corrected chi connectivity index (χ4v) is 4.17. The number of carbonyl (C=O) groups is 2. The first-order chi connectivity index (χ1) is 15.4. The molecule has 4 rings (SSSR count). The number of carbonyl (C=O) groups excluding carboxylic acids is 2. The van der Waals surface area contributed by atoms with Gasteiger partial charge in [0.1, 0.15) is 11.5 Å². The highest BCUT2D eigenvalue weighted by Crippen LogP contribution is 2.40. The fourth-order valence-electron chi connectivity index (χ4n) is 3.90. The fraction of sp³-hybridized carbons (Fsp3) is 0.160. The lowest BCUT2D eigenvalue weighted by Gasteiger charge is -2.25. The van der Waals surface area contributed by atoms with Crippen molar-refractivity contribution in [3.05, 3.63) is 99.3 Å². The number of aryl methyl sites for hydroxylation is 1. The highest BCUT2D eigenvalue weighted by Gasteiger charge is 2.46. The first-order valence-electron chi connectivity index (χ1n) is 9.98. The van der Waals surface area contributed by atoms with E-state index in [0.717, 1.165) is 21.2 Å². The summed E-state index contributed by atoms with van der Waals surface area (Å²) in [5.41, 5.74) is 2.83. The number of halogens is 1. The number of likely N-dealkylation sites (tertiary alicyclic amines) is 1. The molecule has 7 heteroatoms. The second kappa shape index (κ2) is 8.96. The number of pyridine rings is 1. The van der Waals surface area contributed by atoms with E-state index in [1.54, 1.807) is 43.8 Å². The Bertz CT molecular complexity index is 1210. The van der Waals surface area contributed by atoms with Crippen LogP contribution in [0.1, 0.15) is 28.3 Å². The van der Waals surface area contributed by atoms with Crippen LogP contribution >= 0.6 is 15.9 Å². The number of ketones is 1. The summed E-state index contributed by atoms with van der Waals surface area (Å²) in [5.74, 6) is -0.917. The molecule has 1 unspecified atom stereocenters. The second-order valence-electron chi connectivity index (χ2n) is 7.52. The summed E-state index contributed by atoms with van der Waals surface area (Å²) in [6, 6.07) is 15.4. The van der Waals surface area contributed by atoms with Gasteiger partial charge in [-0.2, -0.15) is 0 Å². The van der Waals surface area contributed by atoms with Gasteiger partial charge in [0, 0.05) is 29.0 Å². The number of aliphatic hydroxyl groups is 1. The monoisotopic (exact) mass is 492 g/mol. The topological polar surface area (TPSA) is 79.7 Å². The van der Waals surface area contributed by atoms with Gasteiger partial charge in [-0.25, -0.2) is 0 Å². The lowest BCUT2D eigenvalue weighted by atomic mass is 9.94. The van der Waals surface area contributed by atoms with E-state index in [4.69, 9.17) is 4.74 Å². The molecule has 0 saturated carbocycles. The van der Waals surface area contributed by atoms with Crippen molar-refractivity contribution in [3.8, 4) is 5.75 Å². The summed E-state index contributed by atoms with van der Waals surface area (Å²) in [6.45, 7) is 2.04. The molecule has 1 fully saturated rings. The van der Waals surface area contributed by atoms with Crippen molar-refractivity contribution in [1.82, 2.24) is 9.88 Å². The second-order valence-corrected chi connectivity index (χ2v) is 8.44. The number of Topliss-reactive ketones (excluding diaryl/α,β-unsaturated/α-hetero) is 1. The molecule has 0 aliphatic carbocycles. The Morgan fingerprint density at radius 1 is 1.16 bits per heavy atom. The van der Waals surface area contributed by atoms with Crippen molar-refractivity contribution in [1.29, 1.82) is 0 Å². The van der Waals surface area contributed by atoms with Gasteiger partial charge in [-0.15, -0.1) is 0 Å². The van der Waals surface area contributed by atoms with Crippen molar-refractivity contribution in [2.45, 2.75) is 19.5 Å². The summed E-state index contributed by atoms with van der Waals surface area (Å²) in [6.07, 6.45) is 3.31. The summed E-state index contributed by atoms with van der Waals surface area (Å²) in [7, 11) is 1.57. The van der Waals surface area contributed by atoms with Gasteiger partial charge < -0.3 is 14.7 Å². The van der Waals surface area contributed by atoms with Crippen LogP contribution in [0.3, 0.4) is 0 Å². The number of aliphatic hydroxyl groups excluding tert-OH is 1. The Morgan fingerprint density at radius 2 is 1.91 bits per heavy atom. The molecular weight excluding hydrogens is 472 g/mol. The third-order valence-electron chi connectivity index (χ3n) is 5.47.